The van der Waals surface area contributed by atoms with E-state index in [1.165, 1.54) is 0 Å². The van der Waals surface area contributed by atoms with Crippen LogP contribution in [0.4, 0.5) is 79.0 Å². The summed E-state index contributed by atoms with van der Waals surface area (Å²) in [4.78, 5) is 0. The van der Waals surface area contributed by atoms with E-state index < -0.39 is 83.1 Å². The number of hydrogen-bond acceptors (Lipinski definition) is 2. The molecule has 37 heavy (non-hydrogen) atoms. The Morgan fingerprint density at radius 2 is 0.757 bits per heavy atom. The molecule has 0 atom stereocenters. The lowest BCUT2D eigenvalue weighted by Crippen LogP contribution is -2.58. The highest BCUT2D eigenvalue weighted by atomic mass is 79.9. The van der Waals surface area contributed by atoms with Crippen LogP contribution in [0.1, 0.15) is 12.8 Å². The lowest BCUT2D eigenvalue weighted by molar-refractivity contribution is -0.384. The maximum absolute atomic E-state index is 13.7. The van der Waals surface area contributed by atoms with E-state index in [0.717, 1.165) is 0 Å². The minimum absolute atomic E-state index is 0.0489. The SMILES string of the molecule is FC(F)(F)CC(F)(F)C(F)(F)C(F)(F)Oc1cc(Br)cc(OC(F)(F)C(F)(F)C(F)(F)CC(F)(F)F)c1. The van der Waals surface area contributed by atoms with Gasteiger partial charge in [0.05, 0.1) is 0 Å². The largest absolute Gasteiger partial charge is 0.470 e. The zero-order valence-corrected chi connectivity index (χ0v) is 18.2. The predicted molar refractivity (Wildman–Crippen MR) is 86.4 cm³/mol. The molecule has 0 aliphatic rings. The van der Waals surface area contributed by atoms with E-state index in [4.69, 9.17) is 0 Å². The van der Waals surface area contributed by atoms with Crippen LogP contribution in [0.5, 0.6) is 11.5 Å². The second-order valence-corrected chi connectivity index (χ2v) is 7.92. The van der Waals surface area contributed by atoms with Crippen molar-refractivity contribution in [1.29, 1.82) is 0 Å². The molecule has 0 spiro atoms. The molecule has 0 aliphatic heterocycles. The van der Waals surface area contributed by atoms with Gasteiger partial charge in [0.25, 0.3) is 0 Å². The molecule has 0 bridgehead atoms. The van der Waals surface area contributed by atoms with Crippen LogP contribution in [-0.4, -0.2) is 48.3 Å². The molecule has 216 valence electrons. The second kappa shape index (κ2) is 9.65. The molecular formula is C16H7BrF18O2. The lowest BCUT2D eigenvalue weighted by atomic mass is 10.1. The monoisotopic (exact) mass is 652 g/mol. The smallest absolute Gasteiger partial charge is 0.428 e. The quantitative estimate of drug-likeness (QED) is 0.235. The highest BCUT2D eigenvalue weighted by Gasteiger charge is 2.77. The Morgan fingerprint density at radius 1 is 0.486 bits per heavy atom. The van der Waals surface area contributed by atoms with Crippen LogP contribution < -0.4 is 9.47 Å². The first-order valence-corrected chi connectivity index (χ1v) is 9.35. The number of halogens is 19. The van der Waals surface area contributed by atoms with Gasteiger partial charge in [-0.15, -0.1) is 0 Å². The first-order valence-electron chi connectivity index (χ1n) is 8.55. The van der Waals surface area contributed by atoms with Gasteiger partial charge >= 0.3 is 48.3 Å². The molecule has 0 radical (unpaired) electrons. The molecule has 0 aromatic heterocycles. The lowest BCUT2D eigenvalue weighted by Gasteiger charge is -2.33. The van der Waals surface area contributed by atoms with Crippen molar-refractivity contribution in [2.75, 3.05) is 0 Å². The van der Waals surface area contributed by atoms with Crippen molar-refractivity contribution >= 4 is 15.9 Å². The number of ether oxygens (including phenoxy) is 2. The number of hydrogen-bond donors (Lipinski definition) is 0. The molecule has 0 unspecified atom stereocenters. The Hall–Kier alpha value is -1.96. The molecular weight excluding hydrogens is 646 g/mol. The minimum atomic E-state index is -6.95. The normalized spacial score (nSPS) is 15.1. The number of benzene rings is 1. The highest BCUT2D eigenvalue weighted by Crippen LogP contribution is 2.52. The van der Waals surface area contributed by atoms with Crippen molar-refractivity contribution in [2.45, 2.75) is 61.1 Å². The molecule has 0 heterocycles. The van der Waals surface area contributed by atoms with Gasteiger partial charge in [-0.3, -0.25) is 0 Å². The van der Waals surface area contributed by atoms with Crippen LogP contribution in [0, 0.1) is 0 Å². The van der Waals surface area contributed by atoms with Crippen molar-refractivity contribution in [3.63, 3.8) is 0 Å². The fourth-order valence-electron chi connectivity index (χ4n) is 2.23. The van der Waals surface area contributed by atoms with E-state index in [0.29, 0.717) is 0 Å². The molecule has 0 aliphatic carbocycles. The van der Waals surface area contributed by atoms with Crippen LogP contribution >= 0.6 is 15.9 Å². The number of rotatable bonds is 10. The van der Waals surface area contributed by atoms with Gasteiger partial charge < -0.3 is 9.47 Å². The summed E-state index contributed by atoms with van der Waals surface area (Å²) in [5.41, 5.74) is 0. The van der Waals surface area contributed by atoms with Gasteiger partial charge in [0, 0.05) is 10.5 Å². The summed E-state index contributed by atoms with van der Waals surface area (Å²) >= 11 is 2.27. The Kier molecular flexibility index (Phi) is 8.63. The van der Waals surface area contributed by atoms with Crippen LogP contribution in [-0.2, 0) is 0 Å². The van der Waals surface area contributed by atoms with Crippen molar-refractivity contribution in [2.24, 2.45) is 0 Å². The third-order valence-electron chi connectivity index (χ3n) is 3.83. The van der Waals surface area contributed by atoms with E-state index in [1.807, 2.05) is 0 Å². The van der Waals surface area contributed by atoms with Crippen LogP contribution in [0.25, 0.3) is 0 Å². The molecule has 0 N–H and O–H groups in total. The Balaban J connectivity index is 3.34. The van der Waals surface area contributed by atoms with Gasteiger partial charge in [0.15, 0.2) is 0 Å². The zero-order chi connectivity index (χ0) is 29.7. The third kappa shape index (κ3) is 7.55. The fraction of sp³-hybridized carbons (Fsp3) is 0.625. The topological polar surface area (TPSA) is 18.5 Å². The van der Waals surface area contributed by atoms with E-state index in [2.05, 4.69) is 25.4 Å². The standard InChI is InChI=1S/C16H7BrF18O2/c17-6-1-7(36-15(32,33)13(28,29)9(18,19)4-11(22,23)24)3-8(2-6)37-16(34,35)14(30,31)10(20,21)5-12(25,26)27/h1-3H,4-5H2. The van der Waals surface area contributed by atoms with Gasteiger partial charge in [0.2, 0.25) is 0 Å². The van der Waals surface area contributed by atoms with Crippen LogP contribution in [0.2, 0.25) is 0 Å². The minimum Gasteiger partial charge on any atom is -0.428 e. The Labute approximate surface area is 200 Å². The fourth-order valence-corrected chi connectivity index (χ4v) is 2.68. The molecule has 1 aromatic carbocycles. The van der Waals surface area contributed by atoms with Gasteiger partial charge in [-0.1, -0.05) is 15.9 Å². The molecule has 21 heteroatoms. The molecule has 0 saturated heterocycles. The molecule has 1 aromatic rings. The summed E-state index contributed by atoms with van der Waals surface area (Å²) in [6.07, 6.45) is -32.9. The average molecular weight is 653 g/mol. The second-order valence-electron chi connectivity index (χ2n) is 7.00. The highest BCUT2D eigenvalue weighted by molar-refractivity contribution is 9.10. The first kappa shape index (κ1) is 33.1. The summed E-state index contributed by atoms with van der Waals surface area (Å²) in [6.45, 7) is 0. The maximum Gasteiger partial charge on any atom is 0.470 e. The average Bonchev–Trinajstić information content (AvgIpc) is 2.55. The summed E-state index contributed by atoms with van der Waals surface area (Å²) in [7, 11) is 0. The summed E-state index contributed by atoms with van der Waals surface area (Å²) in [5, 5.41) is 0. The van der Waals surface area contributed by atoms with Crippen molar-refractivity contribution in [3.05, 3.63) is 22.7 Å². The first-order chi connectivity index (χ1) is 16.0. The summed E-state index contributed by atoms with van der Waals surface area (Å²) in [6, 6.07) is -0.400. The summed E-state index contributed by atoms with van der Waals surface area (Å²) < 4.78 is 240. The van der Waals surface area contributed by atoms with Gasteiger partial charge in [0.1, 0.15) is 24.3 Å². The molecule has 0 amide bonds. The van der Waals surface area contributed by atoms with Crippen molar-refractivity contribution in [1.82, 2.24) is 0 Å². The molecule has 1 rings (SSSR count). The number of alkyl halides is 18. The van der Waals surface area contributed by atoms with E-state index >= 15 is 0 Å². The van der Waals surface area contributed by atoms with Gasteiger partial charge in [-0.25, -0.2) is 0 Å². The van der Waals surface area contributed by atoms with E-state index in [1.54, 1.807) is 0 Å². The van der Waals surface area contributed by atoms with E-state index in [9.17, 15) is 79.0 Å². The van der Waals surface area contributed by atoms with Crippen LogP contribution in [0.15, 0.2) is 22.7 Å². The predicted octanol–water partition coefficient (Wildman–Crippen LogP) is 8.84. The van der Waals surface area contributed by atoms with Gasteiger partial charge in [-0.2, -0.15) is 79.0 Å². The maximum atomic E-state index is 13.7. The van der Waals surface area contributed by atoms with Gasteiger partial charge in [-0.05, 0) is 12.1 Å². The summed E-state index contributed by atoms with van der Waals surface area (Å²) in [5.74, 6) is -30.9. The van der Waals surface area contributed by atoms with Crippen LogP contribution in [0.3, 0.4) is 0 Å². The molecule has 0 saturated carbocycles. The Morgan fingerprint density at radius 3 is 1.00 bits per heavy atom. The Bertz CT molecular complexity index is 880. The van der Waals surface area contributed by atoms with Crippen molar-refractivity contribution < 1.29 is 88.5 Å². The third-order valence-corrected chi connectivity index (χ3v) is 4.29. The zero-order valence-electron chi connectivity index (χ0n) is 16.6. The molecule has 2 nitrogen and oxygen atoms in total. The molecule has 0 fully saturated rings. The van der Waals surface area contributed by atoms with Crippen molar-refractivity contribution in [3.8, 4) is 11.5 Å². The van der Waals surface area contributed by atoms with E-state index in [-0.39, 0.29) is 12.1 Å².